The lowest BCUT2D eigenvalue weighted by Gasteiger charge is -2.40. The first-order valence-corrected chi connectivity index (χ1v) is 5.87. The van der Waals surface area contributed by atoms with E-state index in [2.05, 4.69) is 0 Å². The highest BCUT2D eigenvalue weighted by Crippen LogP contribution is 2.30. The Morgan fingerprint density at radius 3 is 2.20 bits per heavy atom. The first kappa shape index (κ1) is 13.2. The van der Waals surface area contributed by atoms with Gasteiger partial charge in [0.25, 0.3) is 0 Å². The van der Waals surface area contributed by atoms with Crippen LogP contribution in [0.25, 0.3) is 0 Å². The van der Waals surface area contributed by atoms with E-state index in [1.54, 1.807) is 0 Å². The van der Waals surface area contributed by atoms with Gasteiger partial charge in [0.2, 0.25) is 0 Å². The zero-order chi connectivity index (χ0) is 11.6. The second-order valence-electron chi connectivity index (χ2n) is 3.88. The van der Waals surface area contributed by atoms with Crippen LogP contribution in [0.2, 0.25) is 0 Å². The number of aliphatic hydroxyl groups is 4. The summed E-state index contributed by atoms with van der Waals surface area (Å²) < 4.78 is 5.29. The predicted molar refractivity (Wildman–Crippen MR) is 56.5 cm³/mol. The van der Waals surface area contributed by atoms with Gasteiger partial charge in [-0.3, -0.25) is 0 Å². The molecule has 0 bridgehead atoms. The Bertz CT molecular complexity index is 199. The van der Waals surface area contributed by atoms with Crippen LogP contribution < -0.4 is 0 Å². The van der Waals surface area contributed by atoms with E-state index in [0.29, 0.717) is 0 Å². The van der Waals surface area contributed by atoms with Crippen LogP contribution in [0.4, 0.5) is 0 Å². The fourth-order valence-electron chi connectivity index (χ4n) is 1.45. The molecule has 4 N–H and O–H groups in total. The Morgan fingerprint density at radius 2 is 1.73 bits per heavy atom. The molecular weight excluding hydrogens is 220 g/mol. The minimum absolute atomic E-state index is 0.228. The number of hydrogen-bond donors (Lipinski definition) is 4. The Hall–Kier alpha value is 0.150. The van der Waals surface area contributed by atoms with Gasteiger partial charge in [0, 0.05) is 5.25 Å². The first-order valence-electron chi connectivity index (χ1n) is 4.93. The molecule has 0 aromatic carbocycles. The summed E-state index contributed by atoms with van der Waals surface area (Å²) >= 11 is 1.35. The third kappa shape index (κ3) is 3.05. The molecule has 1 saturated heterocycles. The maximum atomic E-state index is 9.63. The van der Waals surface area contributed by atoms with Gasteiger partial charge in [0.15, 0.2) is 0 Å². The smallest absolute Gasteiger partial charge is 0.132 e. The Balaban J connectivity index is 2.65. The lowest BCUT2D eigenvalue weighted by Crippen LogP contribution is -2.57. The molecule has 1 rings (SSSR count). The molecule has 5 nitrogen and oxygen atoms in total. The van der Waals surface area contributed by atoms with Crippen molar-refractivity contribution in [1.29, 1.82) is 0 Å². The largest absolute Gasteiger partial charge is 0.394 e. The Labute approximate surface area is 93.1 Å². The standard InChI is InChI=1S/C9H18O5S/c1-4(2)15-9-8(13)7(12)6(11)5(3-10)14-9/h4-13H,3H2,1-2H3/t5-,6-,7-,8-,9+/m1/s1. The van der Waals surface area contributed by atoms with Crippen molar-refractivity contribution in [1.82, 2.24) is 0 Å². The normalized spacial score (nSPS) is 42.2. The van der Waals surface area contributed by atoms with Gasteiger partial charge in [0.1, 0.15) is 29.9 Å². The van der Waals surface area contributed by atoms with E-state index in [0.717, 1.165) is 0 Å². The van der Waals surface area contributed by atoms with Gasteiger partial charge in [-0.05, 0) is 0 Å². The maximum Gasteiger partial charge on any atom is 0.132 e. The van der Waals surface area contributed by atoms with Crippen molar-refractivity contribution in [3.8, 4) is 0 Å². The van der Waals surface area contributed by atoms with E-state index in [1.807, 2.05) is 13.8 Å². The molecule has 0 unspecified atom stereocenters. The van der Waals surface area contributed by atoms with Crippen LogP contribution in [0.1, 0.15) is 13.8 Å². The summed E-state index contributed by atoms with van der Waals surface area (Å²) in [4.78, 5) is 0. The summed E-state index contributed by atoms with van der Waals surface area (Å²) in [5.41, 5.74) is -0.611. The van der Waals surface area contributed by atoms with E-state index in [1.165, 1.54) is 11.8 Å². The highest BCUT2D eigenvalue weighted by atomic mass is 32.2. The van der Waals surface area contributed by atoms with E-state index in [9.17, 15) is 15.3 Å². The van der Waals surface area contributed by atoms with Crippen molar-refractivity contribution >= 4 is 11.8 Å². The molecule has 6 heteroatoms. The minimum Gasteiger partial charge on any atom is -0.394 e. The summed E-state index contributed by atoms with van der Waals surface area (Å²) in [6, 6.07) is 0. The van der Waals surface area contributed by atoms with Crippen molar-refractivity contribution in [2.24, 2.45) is 0 Å². The van der Waals surface area contributed by atoms with Crippen LogP contribution in [-0.2, 0) is 4.74 Å². The third-order valence-corrected chi connectivity index (χ3v) is 3.46. The zero-order valence-electron chi connectivity index (χ0n) is 8.78. The summed E-state index contributed by atoms with van der Waals surface area (Å²) in [7, 11) is 0. The van der Waals surface area contributed by atoms with Gasteiger partial charge in [0.05, 0.1) is 6.61 Å². The fraction of sp³-hybridized carbons (Fsp3) is 1.00. The monoisotopic (exact) mass is 238 g/mol. The van der Waals surface area contributed by atoms with Gasteiger partial charge >= 0.3 is 0 Å². The number of thioether (sulfide) groups is 1. The average Bonchev–Trinajstić information content (AvgIpc) is 2.18. The number of rotatable bonds is 3. The molecule has 90 valence electrons. The van der Waals surface area contributed by atoms with Crippen molar-refractivity contribution in [2.75, 3.05) is 6.61 Å². The average molecular weight is 238 g/mol. The summed E-state index contributed by atoms with van der Waals surface area (Å²) in [5.74, 6) is 0. The number of ether oxygens (including phenoxy) is 1. The van der Waals surface area contributed by atoms with Gasteiger partial charge in [-0.15, -0.1) is 11.8 Å². The molecule has 1 aliphatic rings. The third-order valence-electron chi connectivity index (χ3n) is 2.25. The fourth-order valence-corrected chi connectivity index (χ4v) is 2.51. The Morgan fingerprint density at radius 1 is 1.13 bits per heavy atom. The van der Waals surface area contributed by atoms with Gasteiger partial charge in [-0.1, -0.05) is 13.8 Å². The summed E-state index contributed by atoms with van der Waals surface area (Å²) in [5, 5.41) is 37.8. The van der Waals surface area contributed by atoms with Crippen molar-refractivity contribution in [3.63, 3.8) is 0 Å². The van der Waals surface area contributed by atoms with Crippen LogP contribution in [0.5, 0.6) is 0 Å². The lowest BCUT2D eigenvalue weighted by molar-refractivity contribution is -0.205. The van der Waals surface area contributed by atoms with Gasteiger partial charge < -0.3 is 25.2 Å². The van der Waals surface area contributed by atoms with Crippen LogP contribution >= 0.6 is 11.8 Å². The van der Waals surface area contributed by atoms with E-state index < -0.39 is 29.9 Å². The van der Waals surface area contributed by atoms with Crippen molar-refractivity contribution < 1.29 is 25.2 Å². The molecule has 15 heavy (non-hydrogen) atoms. The molecule has 1 heterocycles. The molecule has 0 aromatic rings. The topological polar surface area (TPSA) is 90.2 Å². The van der Waals surface area contributed by atoms with Crippen molar-refractivity contribution in [3.05, 3.63) is 0 Å². The highest BCUT2D eigenvalue weighted by molar-refractivity contribution is 8.00. The number of aliphatic hydroxyl groups excluding tert-OH is 4. The number of hydrogen-bond acceptors (Lipinski definition) is 6. The molecule has 0 radical (unpaired) electrons. The minimum atomic E-state index is -1.27. The molecule has 0 saturated carbocycles. The second-order valence-corrected chi connectivity index (χ2v) is 5.56. The molecular formula is C9H18O5S. The van der Waals surface area contributed by atoms with Crippen LogP contribution in [-0.4, -0.2) is 62.1 Å². The Kier molecular flexibility index (Phi) is 4.82. The quantitative estimate of drug-likeness (QED) is 0.500. The summed E-state index contributed by atoms with van der Waals surface area (Å²) in [6.07, 6.45) is -4.48. The van der Waals surface area contributed by atoms with E-state index in [4.69, 9.17) is 9.84 Å². The van der Waals surface area contributed by atoms with E-state index >= 15 is 0 Å². The zero-order valence-corrected chi connectivity index (χ0v) is 9.59. The molecule has 0 aliphatic carbocycles. The summed E-state index contributed by atoms with van der Waals surface area (Å²) in [6.45, 7) is 3.50. The van der Waals surface area contributed by atoms with Gasteiger partial charge in [-0.25, -0.2) is 0 Å². The van der Waals surface area contributed by atoms with Crippen LogP contribution in [0.3, 0.4) is 0 Å². The molecule has 1 aliphatic heterocycles. The van der Waals surface area contributed by atoms with Crippen LogP contribution in [0.15, 0.2) is 0 Å². The first-order chi connectivity index (χ1) is 6.97. The predicted octanol–water partition coefficient (Wildman–Crippen LogP) is -1.07. The lowest BCUT2D eigenvalue weighted by atomic mass is 10.0. The maximum absolute atomic E-state index is 9.63. The van der Waals surface area contributed by atoms with E-state index in [-0.39, 0.29) is 11.9 Å². The molecule has 1 fully saturated rings. The van der Waals surface area contributed by atoms with Crippen molar-refractivity contribution in [2.45, 2.75) is 48.9 Å². The molecule has 0 amide bonds. The molecule has 0 spiro atoms. The second kappa shape index (κ2) is 5.47. The molecule has 0 aromatic heterocycles. The van der Waals surface area contributed by atoms with Crippen LogP contribution in [0, 0.1) is 0 Å². The molecule has 5 atom stereocenters. The SMILES string of the molecule is CC(C)S[C@@H]1O[C@H](CO)[C@@H](O)[C@@H](O)[C@H]1O. The highest BCUT2D eigenvalue weighted by Gasteiger charge is 2.43. The van der Waals surface area contributed by atoms with Gasteiger partial charge in [-0.2, -0.15) is 0 Å².